The molecule has 0 aliphatic rings. The van der Waals surface area contributed by atoms with Crippen molar-refractivity contribution in [3.63, 3.8) is 0 Å². The number of nitrogens with zero attached hydrogens (tertiary/aromatic N) is 1. The number of urea groups is 1. The van der Waals surface area contributed by atoms with Gasteiger partial charge in [0, 0.05) is 23.6 Å². The number of carbonyl (C=O) groups excluding carboxylic acids is 1. The van der Waals surface area contributed by atoms with Gasteiger partial charge in [0.15, 0.2) is 11.0 Å². The summed E-state index contributed by atoms with van der Waals surface area (Å²) in [4.78, 5) is 25.9. The molecule has 0 aliphatic carbocycles. The summed E-state index contributed by atoms with van der Waals surface area (Å²) < 4.78 is 6.08. The van der Waals surface area contributed by atoms with Crippen LogP contribution in [0.1, 0.15) is 5.56 Å². The maximum atomic E-state index is 12.8. The minimum absolute atomic E-state index is 0.141. The van der Waals surface area contributed by atoms with E-state index < -0.39 is 6.03 Å². The van der Waals surface area contributed by atoms with Gasteiger partial charge in [-0.1, -0.05) is 36.4 Å². The zero-order chi connectivity index (χ0) is 18.0. The Bertz CT molecular complexity index is 983. The van der Waals surface area contributed by atoms with Crippen molar-refractivity contribution >= 4 is 34.3 Å². The summed E-state index contributed by atoms with van der Waals surface area (Å²) in [7, 11) is 0. The quantitative estimate of drug-likeness (QED) is 0.720. The standard InChI is InChI=1S/C19H17ClN2O3/c1-12-16(23)14-8-5-9-15(22(11-10-20)19(21)24)18(14)25-17(12)13-6-3-2-4-7-13/h2-9H,10-11H2,1H3,(H2,21,24). The molecule has 0 unspecified atom stereocenters. The molecule has 0 radical (unpaired) electrons. The molecule has 0 saturated heterocycles. The normalized spacial score (nSPS) is 10.8. The van der Waals surface area contributed by atoms with Crippen molar-refractivity contribution in [2.75, 3.05) is 17.3 Å². The number of anilines is 1. The van der Waals surface area contributed by atoms with E-state index in [1.807, 2.05) is 30.3 Å². The lowest BCUT2D eigenvalue weighted by atomic mass is 10.1. The van der Waals surface area contributed by atoms with Crippen molar-refractivity contribution in [2.24, 2.45) is 5.73 Å². The van der Waals surface area contributed by atoms with Crippen LogP contribution >= 0.6 is 11.6 Å². The number of amides is 2. The number of halogens is 1. The van der Waals surface area contributed by atoms with Crippen molar-refractivity contribution in [3.05, 3.63) is 64.3 Å². The number of nitrogens with two attached hydrogens (primary N) is 1. The first-order valence-corrected chi connectivity index (χ1v) is 8.33. The van der Waals surface area contributed by atoms with E-state index in [9.17, 15) is 9.59 Å². The third-order valence-corrected chi connectivity index (χ3v) is 4.19. The van der Waals surface area contributed by atoms with E-state index in [-0.39, 0.29) is 17.9 Å². The summed E-state index contributed by atoms with van der Waals surface area (Å²) in [6, 6.07) is 13.8. The molecule has 1 heterocycles. The molecular weight excluding hydrogens is 340 g/mol. The smallest absolute Gasteiger partial charge is 0.319 e. The van der Waals surface area contributed by atoms with Crippen LogP contribution in [0.15, 0.2) is 57.7 Å². The van der Waals surface area contributed by atoms with E-state index in [0.717, 1.165) is 5.56 Å². The van der Waals surface area contributed by atoms with Gasteiger partial charge in [0.1, 0.15) is 5.76 Å². The van der Waals surface area contributed by atoms with Crippen LogP contribution in [0.2, 0.25) is 0 Å². The molecule has 3 rings (SSSR count). The second-order valence-corrected chi connectivity index (χ2v) is 5.96. The molecular formula is C19H17ClN2O3. The monoisotopic (exact) mass is 356 g/mol. The van der Waals surface area contributed by atoms with Crippen LogP contribution < -0.4 is 16.1 Å². The third kappa shape index (κ3) is 3.10. The molecule has 0 bridgehead atoms. The van der Waals surface area contributed by atoms with Crippen molar-refractivity contribution in [2.45, 2.75) is 6.92 Å². The van der Waals surface area contributed by atoms with Crippen LogP contribution in [0.4, 0.5) is 10.5 Å². The number of carbonyl (C=O) groups is 1. The Morgan fingerprint density at radius 2 is 1.88 bits per heavy atom. The minimum atomic E-state index is -0.655. The first-order chi connectivity index (χ1) is 12.0. The van der Waals surface area contributed by atoms with Gasteiger partial charge < -0.3 is 10.2 Å². The summed E-state index contributed by atoms with van der Waals surface area (Å²) >= 11 is 5.78. The molecule has 2 amide bonds. The zero-order valence-corrected chi connectivity index (χ0v) is 14.4. The number of rotatable bonds is 4. The van der Waals surface area contributed by atoms with Crippen LogP contribution in [-0.4, -0.2) is 18.5 Å². The number of alkyl halides is 1. The van der Waals surface area contributed by atoms with Crippen molar-refractivity contribution in [1.82, 2.24) is 0 Å². The van der Waals surface area contributed by atoms with E-state index >= 15 is 0 Å². The summed E-state index contributed by atoms with van der Waals surface area (Å²) in [5, 5.41) is 0.399. The Balaban J connectivity index is 2.33. The van der Waals surface area contributed by atoms with E-state index in [1.165, 1.54) is 4.90 Å². The van der Waals surface area contributed by atoms with Gasteiger partial charge in [0.25, 0.3) is 0 Å². The fraction of sp³-hybridized carbons (Fsp3) is 0.158. The topological polar surface area (TPSA) is 76.5 Å². The lowest BCUT2D eigenvalue weighted by Gasteiger charge is -2.20. The Morgan fingerprint density at radius 3 is 2.52 bits per heavy atom. The molecule has 0 aliphatic heterocycles. The summed E-state index contributed by atoms with van der Waals surface area (Å²) in [6.07, 6.45) is 0. The Hall–Kier alpha value is -2.79. The van der Waals surface area contributed by atoms with Gasteiger partial charge in [-0.2, -0.15) is 0 Å². The molecule has 0 fully saturated rings. The fourth-order valence-electron chi connectivity index (χ4n) is 2.81. The molecule has 6 heteroatoms. The van der Waals surface area contributed by atoms with E-state index in [0.29, 0.717) is 28.0 Å². The average molecular weight is 357 g/mol. The number of hydrogen-bond donors (Lipinski definition) is 1. The molecule has 3 aromatic rings. The SMILES string of the molecule is Cc1c(-c2ccccc2)oc2c(N(CCCl)C(N)=O)cccc2c1=O. The fourth-order valence-corrected chi connectivity index (χ4v) is 2.98. The first-order valence-electron chi connectivity index (χ1n) is 7.79. The lowest BCUT2D eigenvalue weighted by Crippen LogP contribution is -2.37. The Morgan fingerprint density at radius 1 is 1.16 bits per heavy atom. The van der Waals surface area contributed by atoms with E-state index in [2.05, 4.69) is 0 Å². The van der Waals surface area contributed by atoms with Gasteiger partial charge in [-0.25, -0.2) is 4.79 Å². The van der Waals surface area contributed by atoms with Crippen LogP contribution in [0.5, 0.6) is 0 Å². The third-order valence-electron chi connectivity index (χ3n) is 4.03. The number of benzene rings is 2. The van der Waals surface area contributed by atoms with Gasteiger partial charge in [-0.15, -0.1) is 11.6 Å². The summed E-state index contributed by atoms with van der Waals surface area (Å²) in [5.74, 6) is 0.682. The van der Waals surface area contributed by atoms with Crippen LogP contribution in [0.25, 0.3) is 22.3 Å². The molecule has 0 atom stereocenters. The number of hydrogen-bond acceptors (Lipinski definition) is 3. The van der Waals surface area contributed by atoms with Gasteiger partial charge >= 0.3 is 6.03 Å². The van der Waals surface area contributed by atoms with Crippen molar-refractivity contribution < 1.29 is 9.21 Å². The average Bonchev–Trinajstić information content (AvgIpc) is 2.63. The Labute approximate surface area is 149 Å². The number of para-hydroxylation sites is 1. The van der Waals surface area contributed by atoms with Crippen LogP contribution in [0.3, 0.4) is 0 Å². The van der Waals surface area contributed by atoms with Gasteiger partial charge in [-0.05, 0) is 19.1 Å². The van der Waals surface area contributed by atoms with Crippen molar-refractivity contribution in [3.8, 4) is 11.3 Å². The molecule has 25 heavy (non-hydrogen) atoms. The maximum absolute atomic E-state index is 12.8. The largest absolute Gasteiger partial charge is 0.453 e. The molecule has 0 saturated carbocycles. The van der Waals surface area contributed by atoms with Crippen LogP contribution in [0, 0.1) is 6.92 Å². The highest BCUT2D eigenvalue weighted by molar-refractivity contribution is 6.18. The second kappa shape index (κ2) is 6.99. The van der Waals surface area contributed by atoms with Crippen molar-refractivity contribution in [1.29, 1.82) is 0 Å². The van der Waals surface area contributed by atoms with E-state index in [1.54, 1.807) is 25.1 Å². The molecule has 0 spiro atoms. The van der Waals surface area contributed by atoms with Crippen LogP contribution in [-0.2, 0) is 0 Å². The predicted octanol–water partition coefficient (Wildman–Crippen LogP) is 3.89. The molecule has 5 nitrogen and oxygen atoms in total. The number of fused-ring (bicyclic) bond motifs is 1. The van der Waals surface area contributed by atoms with Gasteiger partial charge in [0.2, 0.25) is 0 Å². The summed E-state index contributed by atoms with van der Waals surface area (Å²) in [6.45, 7) is 1.94. The molecule has 2 N–H and O–H groups in total. The lowest BCUT2D eigenvalue weighted by molar-refractivity contribution is 0.254. The molecule has 128 valence electrons. The predicted molar refractivity (Wildman–Crippen MR) is 100 cm³/mol. The summed E-state index contributed by atoms with van der Waals surface area (Å²) in [5.41, 5.74) is 7.38. The minimum Gasteiger partial charge on any atom is -0.453 e. The highest BCUT2D eigenvalue weighted by Crippen LogP contribution is 2.31. The van der Waals surface area contributed by atoms with Gasteiger partial charge in [0.05, 0.1) is 11.1 Å². The zero-order valence-electron chi connectivity index (χ0n) is 13.7. The number of primary amides is 1. The van der Waals surface area contributed by atoms with E-state index in [4.69, 9.17) is 21.8 Å². The maximum Gasteiger partial charge on any atom is 0.319 e. The Kier molecular flexibility index (Phi) is 4.76. The second-order valence-electron chi connectivity index (χ2n) is 5.58. The van der Waals surface area contributed by atoms with Gasteiger partial charge in [-0.3, -0.25) is 9.69 Å². The highest BCUT2D eigenvalue weighted by Gasteiger charge is 2.20. The molecule has 2 aromatic carbocycles. The molecule has 1 aromatic heterocycles. The first kappa shape index (κ1) is 17.0. The highest BCUT2D eigenvalue weighted by atomic mass is 35.5.